The fraction of sp³-hybridized carbons (Fsp3) is 0.353. The molecular weight excluding hydrogens is 390 g/mol. The minimum absolute atomic E-state index is 0.0222. The lowest BCUT2D eigenvalue weighted by molar-refractivity contribution is 0.0956. The second kappa shape index (κ2) is 8.64. The van der Waals surface area contributed by atoms with Crippen LogP contribution in [-0.4, -0.2) is 67.1 Å². The third kappa shape index (κ3) is 4.94. The normalized spacial score (nSPS) is 15.5. The van der Waals surface area contributed by atoms with E-state index >= 15 is 0 Å². The average molecular weight is 410 g/mol. The maximum atomic E-state index is 12.5. The highest BCUT2D eigenvalue weighted by Crippen LogP contribution is 2.15. The van der Waals surface area contributed by atoms with Gasteiger partial charge in [-0.3, -0.25) is 4.79 Å². The Bertz CT molecular complexity index is 886. The first-order valence-electron chi connectivity index (χ1n) is 8.50. The van der Waals surface area contributed by atoms with E-state index in [1.54, 1.807) is 42.7 Å². The summed E-state index contributed by atoms with van der Waals surface area (Å²) >= 11 is 5.97. The van der Waals surface area contributed by atoms with Crippen molar-refractivity contribution >= 4 is 33.5 Å². The van der Waals surface area contributed by atoms with Crippen LogP contribution in [0.5, 0.6) is 0 Å². The van der Waals surface area contributed by atoms with E-state index < -0.39 is 10.0 Å². The number of rotatable bonds is 6. The molecule has 1 fully saturated rings. The average Bonchev–Trinajstić information content (AvgIpc) is 2.69. The third-order valence-electron chi connectivity index (χ3n) is 4.23. The van der Waals surface area contributed by atoms with E-state index in [-0.39, 0.29) is 18.2 Å². The van der Waals surface area contributed by atoms with Crippen molar-refractivity contribution in [3.05, 3.63) is 53.3 Å². The van der Waals surface area contributed by atoms with Crippen LogP contribution in [-0.2, 0) is 10.0 Å². The molecule has 10 heteroatoms. The van der Waals surface area contributed by atoms with Gasteiger partial charge in [-0.2, -0.15) is 4.31 Å². The fourth-order valence-electron chi connectivity index (χ4n) is 2.78. The molecule has 8 nitrogen and oxygen atoms in total. The summed E-state index contributed by atoms with van der Waals surface area (Å²) in [6.45, 7) is 1.79. The van der Waals surface area contributed by atoms with E-state index in [0.29, 0.717) is 42.7 Å². The molecule has 1 saturated heterocycles. The van der Waals surface area contributed by atoms with Crippen molar-refractivity contribution in [3.63, 3.8) is 0 Å². The van der Waals surface area contributed by atoms with Crippen molar-refractivity contribution < 1.29 is 13.2 Å². The van der Waals surface area contributed by atoms with Gasteiger partial charge >= 0.3 is 0 Å². The van der Waals surface area contributed by atoms with Crippen LogP contribution in [0.25, 0.3) is 0 Å². The number of piperazine rings is 1. The van der Waals surface area contributed by atoms with Crippen molar-refractivity contribution in [3.8, 4) is 0 Å². The minimum Gasteiger partial charge on any atom is -0.351 e. The van der Waals surface area contributed by atoms with Gasteiger partial charge in [0.15, 0.2) is 0 Å². The number of nitrogens with one attached hydrogen (secondary N) is 1. The van der Waals surface area contributed by atoms with Crippen LogP contribution in [0.3, 0.4) is 0 Å². The Kier molecular flexibility index (Phi) is 6.25. The Morgan fingerprint density at radius 3 is 2.41 bits per heavy atom. The van der Waals surface area contributed by atoms with E-state index in [2.05, 4.69) is 15.3 Å². The molecule has 1 aliphatic rings. The molecule has 0 spiro atoms. The molecule has 1 N–H and O–H groups in total. The Balaban J connectivity index is 1.49. The zero-order valence-electron chi connectivity index (χ0n) is 14.6. The number of aromatic nitrogens is 2. The van der Waals surface area contributed by atoms with Crippen molar-refractivity contribution in [2.24, 2.45) is 0 Å². The van der Waals surface area contributed by atoms with Gasteiger partial charge in [0.1, 0.15) is 0 Å². The quantitative estimate of drug-likeness (QED) is 0.765. The lowest BCUT2D eigenvalue weighted by atomic mass is 10.2. The van der Waals surface area contributed by atoms with Crippen molar-refractivity contribution in [1.82, 2.24) is 19.6 Å². The molecule has 0 atom stereocenters. The minimum atomic E-state index is -3.46. The van der Waals surface area contributed by atoms with Gasteiger partial charge in [-0.05, 0) is 18.2 Å². The Morgan fingerprint density at radius 1 is 1.07 bits per heavy atom. The fourth-order valence-corrected chi connectivity index (χ4v) is 4.34. The van der Waals surface area contributed by atoms with Crippen molar-refractivity contribution in [2.45, 2.75) is 0 Å². The van der Waals surface area contributed by atoms with Gasteiger partial charge in [0.05, 0.1) is 16.3 Å². The van der Waals surface area contributed by atoms with Crippen LogP contribution in [0.1, 0.15) is 10.4 Å². The largest absolute Gasteiger partial charge is 0.351 e. The Labute approximate surface area is 163 Å². The highest BCUT2D eigenvalue weighted by Gasteiger charge is 2.27. The summed E-state index contributed by atoms with van der Waals surface area (Å²) in [6.07, 6.45) is 3.32. The monoisotopic (exact) mass is 409 g/mol. The zero-order valence-corrected chi connectivity index (χ0v) is 16.2. The summed E-state index contributed by atoms with van der Waals surface area (Å²) in [4.78, 5) is 22.4. The summed E-state index contributed by atoms with van der Waals surface area (Å²) in [5.41, 5.74) is 0.327. The molecule has 0 radical (unpaired) electrons. The first kappa shape index (κ1) is 19.5. The predicted molar refractivity (Wildman–Crippen MR) is 103 cm³/mol. The molecule has 3 rings (SSSR count). The van der Waals surface area contributed by atoms with Gasteiger partial charge < -0.3 is 10.2 Å². The van der Waals surface area contributed by atoms with Crippen LogP contribution >= 0.6 is 11.6 Å². The maximum absolute atomic E-state index is 12.5. The molecule has 27 heavy (non-hydrogen) atoms. The van der Waals surface area contributed by atoms with Crippen LogP contribution < -0.4 is 10.2 Å². The van der Waals surface area contributed by atoms with Gasteiger partial charge in [0.2, 0.25) is 16.0 Å². The van der Waals surface area contributed by atoms with E-state index in [9.17, 15) is 13.2 Å². The van der Waals surface area contributed by atoms with Gasteiger partial charge in [-0.15, -0.1) is 0 Å². The SMILES string of the molecule is O=C(NCCS(=O)(=O)N1CCN(c2ncccn2)CC1)c1ccccc1Cl. The molecule has 0 saturated carbocycles. The first-order valence-corrected chi connectivity index (χ1v) is 10.5. The smallest absolute Gasteiger partial charge is 0.252 e. The standard InChI is InChI=1S/C17H20ClN5O3S/c18-15-5-2-1-4-14(15)16(24)19-8-13-27(25,26)23-11-9-22(10-12-23)17-20-6-3-7-21-17/h1-7H,8-13H2,(H,19,24). The lowest BCUT2D eigenvalue weighted by Crippen LogP contribution is -2.50. The van der Waals surface area contributed by atoms with Crippen molar-refractivity contribution in [1.29, 1.82) is 0 Å². The number of hydrogen-bond donors (Lipinski definition) is 1. The molecule has 1 aromatic carbocycles. The van der Waals surface area contributed by atoms with Gasteiger partial charge in [0, 0.05) is 45.1 Å². The predicted octanol–water partition coefficient (Wildman–Crippen LogP) is 1.01. The van der Waals surface area contributed by atoms with E-state index in [1.165, 1.54) is 4.31 Å². The van der Waals surface area contributed by atoms with Crippen LogP contribution in [0.15, 0.2) is 42.7 Å². The number of anilines is 1. The number of sulfonamides is 1. The first-order chi connectivity index (χ1) is 13.0. The maximum Gasteiger partial charge on any atom is 0.252 e. The number of carbonyl (C=O) groups is 1. The van der Waals surface area contributed by atoms with Crippen LogP contribution in [0.4, 0.5) is 5.95 Å². The molecule has 1 amide bonds. The molecule has 144 valence electrons. The molecule has 0 unspecified atom stereocenters. The Hall–Kier alpha value is -2.23. The molecule has 1 aromatic heterocycles. The van der Waals surface area contributed by atoms with E-state index in [4.69, 9.17) is 11.6 Å². The van der Waals surface area contributed by atoms with Crippen molar-refractivity contribution in [2.75, 3.05) is 43.4 Å². The van der Waals surface area contributed by atoms with Gasteiger partial charge in [0.25, 0.3) is 5.91 Å². The summed E-state index contributed by atoms with van der Waals surface area (Å²) in [6, 6.07) is 8.37. The van der Waals surface area contributed by atoms with E-state index in [1.807, 2.05) is 4.90 Å². The molecule has 1 aliphatic heterocycles. The number of halogens is 1. The topological polar surface area (TPSA) is 95.5 Å². The third-order valence-corrected chi connectivity index (χ3v) is 6.43. The zero-order chi connectivity index (χ0) is 19.3. The second-order valence-electron chi connectivity index (χ2n) is 5.99. The summed E-state index contributed by atoms with van der Waals surface area (Å²) in [7, 11) is -3.46. The van der Waals surface area contributed by atoms with Crippen LogP contribution in [0, 0.1) is 0 Å². The summed E-state index contributed by atoms with van der Waals surface area (Å²) in [5.74, 6) is 0.0498. The molecule has 2 heterocycles. The molecule has 0 aliphatic carbocycles. The number of amides is 1. The summed E-state index contributed by atoms with van der Waals surface area (Å²) in [5, 5.41) is 2.94. The second-order valence-corrected chi connectivity index (χ2v) is 8.48. The Morgan fingerprint density at radius 2 is 1.74 bits per heavy atom. The molecular formula is C17H20ClN5O3S. The lowest BCUT2D eigenvalue weighted by Gasteiger charge is -2.33. The molecule has 2 aromatic rings. The number of hydrogen-bond acceptors (Lipinski definition) is 6. The highest BCUT2D eigenvalue weighted by atomic mass is 35.5. The van der Waals surface area contributed by atoms with Gasteiger partial charge in [-0.1, -0.05) is 23.7 Å². The van der Waals surface area contributed by atoms with Gasteiger partial charge in [-0.25, -0.2) is 18.4 Å². The number of benzene rings is 1. The van der Waals surface area contributed by atoms with E-state index in [0.717, 1.165) is 0 Å². The molecule has 0 bridgehead atoms. The highest BCUT2D eigenvalue weighted by molar-refractivity contribution is 7.89. The number of carbonyl (C=O) groups excluding carboxylic acids is 1. The summed E-state index contributed by atoms with van der Waals surface area (Å²) < 4.78 is 26.5. The number of nitrogens with zero attached hydrogens (tertiary/aromatic N) is 4. The van der Waals surface area contributed by atoms with Crippen LogP contribution in [0.2, 0.25) is 5.02 Å².